The van der Waals surface area contributed by atoms with E-state index < -0.39 is 5.97 Å². The van der Waals surface area contributed by atoms with Gasteiger partial charge < -0.3 is 9.64 Å². The van der Waals surface area contributed by atoms with Gasteiger partial charge in [-0.3, -0.25) is 4.79 Å². The molecule has 1 saturated heterocycles. The van der Waals surface area contributed by atoms with Gasteiger partial charge in [0.2, 0.25) is 5.91 Å². The summed E-state index contributed by atoms with van der Waals surface area (Å²) in [5.41, 5.74) is 0.723. The third-order valence-corrected chi connectivity index (χ3v) is 2.80. The number of esters is 1. The number of nitrogens with zero attached hydrogens (tertiary/aromatic N) is 2. The van der Waals surface area contributed by atoms with Crippen LogP contribution in [-0.4, -0.2) is 42.0 Å². The van der Waals surface area contributed by atoms with Crippen molar-refractivity contribution in [2.24, 2.45) is 0 Å². The lowest BCUT2D eigenvalue weighted by molar-refractivity contribution is -0.127. The maximum Gasteiger partial charge on any atom is 0.356 e. The summed E-state index contributed by atoms with van der Waals surface area (Å²) in [6, 6.07) is 4.98. The molecule has 1 aliphatic heterocycles. The van der Waals surface area contributed by atoms with Crippen LogP contribution in [0.1, 0.15) is 29.0 Å². The number of carbonyl (C=O) groups is 2. The van der Waals surface area contributed by atoms with Gasteiger partial charge in [-0.1, -0.05) is 12.0 Å². The van der Waals surface area contributed by atoms with Crippen molar-refractivity contribution in [3.8, 4) is 11.8 Å². The van der Waals surface area contributed by atoms with E-state index in [2.05, 4.69) is 21.6 Å². The number of hydrogen-bond acceptors (Lipinski definition) is 4. The van der Waals surface area contributed by atoms with Crippen LogP contribution >= 0.6 is 0 Å². The second kappa shape index (κ2) is 6.01. The summed E-state index contributed by atoms with van der Waals surface area (Å²) in [4.78, 5) is 28.5. The number of pyridine rings is 1. The Bertz CT molecular complexity index is 557. The highest BCUT2D eigenvalue weighted by atomic mass is 16.5. The SMILES string of the molecule is COC(=O)c1cccc(C#CCN2CCCC2=O)n1. The summed E-state index contributed by atoms with van der Waals surface area (Å²) in [5, 5.41) is 0. The monoisotopic (exact) mass is 258 g/mol. The molecule has 19 heavy (non-hydrogen) atoms. The number of methoxy groups -OCH3 is 1. The molecule has 1 aromatic heterocycles. The molecule has 0 unspecified atom stereocenters. The van der Waals surface area contributed by atoms with E-state index in [1.54, 1.807) is 23.1 Å². The molecule has 2 rings (SSSR count). The topological polar surface area (TPSA) is 59.5 Å². The fraction of sp³-hybridized carbons (Fsp3) is 0.357. The highest BCUT2D eigenvalue weighted by Crippen LogP contribution is 2.08. The van der Waals surface area contributed by atoms with Gasteiger partial charge in [-0.25, -0.2) is 9.78 Å². The number of aromatic nitrogens is 1. The average molecular weight is 258 g/mol. The normalized spacial score (nSPS) is 13.9. The molecule has 1 aliphatic rings. The van der Waals surface area contributed by atoms with Crippen molar-refractivity contribution in [3.05, 3.63) is 29.6 Å². The molecule has 1 amide bonds. The van der Waals surface area contributed by atoms with E-state index in [4.69, 9.17) is 0 Å². The van der Waals surface area contributed by atoms with Crippen molar-refractivity contribution in [2.75, 3.05) is 20.2 Å². The Morgan fingerprint density at radius 1 is 1.53 bits per heavy atom. The Morgan fingerprint density at radius 3 is 3.05 bits per heavy atom. The van der Waals surface area contributed by atoms with Gasteiger partial charge in [0.15, 0.2) is 0 Å². The Morgan fingerprint density at radius 2 is 2.37 bits per heavy atom. The molecule has 0 radical (unpaired) electrons. The average Bonchev–Trinajstić information content (AvgIpc) is 2.84. The summed E-state index contributed by atoms with van der Waals surface area (Å²) >= 11 is 0. The second-order valence-electron chi connectivity index (χ2n) is 4.12. The largest absolute Gasteiger partial charge is 0.464 e. The predicted octanol–water partition coefficient (Wildman–Crippen LogP) is 0.842. The van der Waals surface area contributed by atoms with Crippen molar-refractivity contribution >= 4 is 11.9 Å². The van der Waals surface area contributed by atoms with Crippen molar-refractivity contribution < 1.29 is 14.3 Å². The van der Waals surface area contributed by atoms with Crippen LogP contribution in [0, 0.1) is 11.8 Å². The molecule has 0 spiro atoms. The first-order valence-electron chi connectivity index (χ1n) is 6.03. The van der Waals surface area contributed by atoms with Crippen LogP contribution in [0.4, 0.5) is 0 Å². The molecule has 0 saturated carbocycles. The van der Waals surface area contributed by atoms with E-state index in [1.807, 2.05) is 0 Å². The second-order valence-corrected chi connectivity index (χ2v) is 4.12. The van der Waals surface area contributed by atoms with E-state index >= 15 is 0 Å². The summed E-state index contributed by atoms with van der Waals surface area (Å²) in [6.07, 6.45) is 1.51. The summed E-state index contributed by atoms with van der Waals surface area (Å²) in [7, 11) is 1.31. The lowest BCUT2D eigenvalue weighted by Gasteiger charge is -2.09. The van der Waals surface area contributed by atoms with Crippen LogP contribution in [0.2, 0.25) is 0 Å². The maximum absolute atomic E-state index is 11.4. The third-order valence-electron chi connectivity index (χ3n) is 2.80. The van der Waals surface area contributed by atoms with E-state index in [-0.39, 0.29) is 11.6 Å². The minimum absolute atomic E-state index is 0.144. The number of ether oxygens (including phenoxy) is 1. The fourth-order valence-electron chi connectivity index (χ4n) is 1.82. The fourth-order valence-corrected chi connectivity index (χ4v) is 1.82. The molecule has 0 aromatic carbocycles. The Balaban J connectivity index is 2.03. The van der Waals surface area contributed by atoms with Gasteiger partial charge >= 0.3 is 5.97 Å². The molecule has 0 aliphatic carbocycles. The molecule has 1 aromatic rings. The summed E-state index contributed by atoms with van der Waals surface area (Å²) in [5.74, 6) is 5.40. The summed E-state index contributed by atoms with van der Waals surface area (Å²) < 4.78 is 4.59. The number of rotatable bonds is 2. The first kappa shape index (κ1) is 13.1. The zero-order chi connectivity index (χ0) is 13.7. The molecule has 98 valence electrons. The van der Waals surface area contributed by atoms with Crippen LogP contribution in [0.15, 0.2) is 18.2 Å². The zero-order valence-corrected chi connectivity index (χ0v) is 10.7. The highest BCUT2D eigenvalue weighted by molar-refractivity contribution is 5.87. The van der Waals surface area contributed by atoms with Gasteiger partial charge in [0, 0.05) is 13.0 Å². The molecule has 5 heteroatoms. The molecule has 0 bridgehead atoms. The van der Waals surface area contributed by atoms with Crippen LogP contribution in [0.3, 0.4) is 0 Å². The smallest absolute Gasteiger partial charge is 0.356 e. The van der Waals surface area contributed by atoms with Crippen LogP contribution in [-0.2, 0) is 9.53 Å². The van der Waals surface area contributed by atoms with Crippen molar-refractivity contribution in [1.82, 2.24) is 9.88 Å². The molecule has 1 fully saturated rings. The standard InChI is InChI=1S/C14H14N2O3/c1-19-14(18)12-7-2-5-11(15-12)6-3-9-16-10-4-8-13(16)17/h2,5,7H,4,8-10H2,1H3. The maximum atomic E-state index is 11.4. The molecule has 0 atom stereocenters. The van der Waals surface area contributed by atoms with E-state index in [1.165, 1.54) is 7.11 Å². The summed E-state index contributed by atoms with van der Waals surface area (Å²) in [6.45, 7) is 1.17. The van der Waals surface area contributed by atoms with Crippen LogP contribution in [0.25, 0.3) is 0 Å². The first-order valence-corrected chi connectivity index (χ1v) is 6.03. The first-order chi connectivity index (χ1) is 9.20. The number of hydrogen-bond donors (Lipinski definition) is 0. The van der Waals surface area contributed by atoms with Crippen molar-refractivity contribution in [3.63, 3.8) is 0 Å². The zero-order valence-electron chi connectivity index (χ0n) is 10.7. The molecule has 5 nitrogen and oxygen atoms in total. The quantitative estimate of drug-likeness (QED) is 0.582. The lowest BCUT2D eigenvalue weighted by Crippen LogP contribution is -2.24. The lowest BCUT2D eigenvalue weighted by atomic mass is 10.3. The molecular weight excluding hydrogens is 244 g/mol. The van der Waals surface area contributed by atoms with Gasteiger partial charge in [-0.2, -0.15) is 0 Å². The van der Waals surface area contributed by atoms with Gasteiger partial charge in [-0.05, 0) is 24.5 Å². The van der Waals surface area contributed by atoms with Gasteiger partial charge in [0.05, 0.1) is 13.7 Å². The Hall–Kier alpha value is -2.35. The Labute approximate surface area is 111 Å². The van der Waals surface area contributed by atoms with E-state index in [9.17, 15) is 9.59 Å². The molecular formula is C14H14N2O3. The third kappa shape index (κ3) is 3.32. The van der Waals surface area contributed by atoms with Crippen molar-refractivity contribution in [1.29, 1.82) is 0 Å². The minimum Gasteiger partial charge on any atom is -0.464 e. The van der Waals surface area contributed by atoms with Crippen LogP contribution in [0.5, 0.6) is 0 Å². The minimum atomic E-state index is -0.488. The van der Waals surface area contributed by atoms with E-state index in [0.29, 0.717) is 18.7 Å². The Kier molecular flexibility index (Phi) is 4.14. The number of likely N-dealkylation sites (tertiary alicyclic amines) is 1. The molecule has 0 N–H and O–H groups in total. The van der Waals surface area contributed by atoms with Crippen molar-refractivity contribution in [2.45, 2.75) is 12.8 Å². The predicted molar refractivity (Wildman–Crippen MR) is 68.3 cm³/mol. The van der Waals surface area contributed by atoms with Gasteiger partial charge in [0.25, 0.3) is 0 Å². The number of amides is 1. The van der Waals surface area contributed by atoms with E-state index in [0.717, 1.165) is 13.0 Å². The molecule has 2 heterocycles. The highest BCUT2D eigenvalue weighted by Gasteiger charge is 2.18. The van der Waals surface area contributed by atoms with Gasteiger partial charge in [0.1, 0.15) is 11.4 Å². The number of carbonyl (C=O) groups excluding carboxylic acids is 2. The van der Waals surface area contributed by atoms with Crippen LogP contribution < -0.4 is 0 Å². The van der Waals surface area contributed by atoms with Gasteiger partial charge in [-0.15, -0.1) is 0 Å².